The van der Waals surface area contributed by atoms with Crippen LogP contribution >= 0.6 is 0 Å². The lowest BCUT2D eigenvalue weighted by Crippen LogP contribution is -2.16. The molecule has 0 aliphatic rings. The first-order chi connectivity index (χ1) is 16.8. The van der Waals surface area contributed by atoms with Crippen molar-refractivity contribution in [3.8, 4) is 5.75 Å². The van der Waals surface area contributed by atoms with Crippen molar-refractivity contribution in [2.24, 2.45) is 0 Å². The number of carbonyl (C=O) groups excluding carboxylic acids is 1. The highest BCUT2D eigenvalue weighted by Gasteiger charge is 2.17. The first-order valence-corrected chi connectivity index (χ1v) is 12.5. The lowest BCUT2D eigenvalue weighted by Gasteiger charge is -2.13. The van der Waals surface area contributed by atoms with Gasteiger partial charge in [-0.05, 0) is 67.4 Å². The fourth-order valence-electron chi connectivity index (χ4n) is 3.47. The second kappa shape index (κ2) is 10.4. The second-order valence-corrected chi connectivity index (χ2v) is 9.70. The number of anilines is 2. The molecule has 0 fully saturated rings. The van der Waals surface area contributed by atoms with Crippen molar-refractivity contribution in [3.05, 3.63) is 102 Å². The fourth-order valence-corrected chi connectivity index (χ4v) is 4.86. The normalized spacial score (nSPS) is 11.1. The molecule has 0 spiro atoms. The third-order valence-corrected chi connectivity index (χ3v) is 6.86. The Bertz CT molecular complexity index is 1420. The minimum absolute atomic E-state index is 0.226. The summed E-state index contributed by atoms with van der Waals surface area (Å²) >= 11 is 0. The van der Waals surface area contributed by atoms with Crippen LogP contribution in [0.5, 0.6) is 5.75 Å². The summed E-state index contributed by atoms with van der Waals surface area (Å²) in [6.45, 7) is 4.63. The van der Waals surface area contributed by atoms with Crippen molar-refractivity contribution in [2.45, 2.75) is 25.3 Å². The quantitative estimate of drug-likeness (QED) is 0.356. The number of nitrogens with zero attached hydrogens (tertiary/aromatic N) is 2. The van der Waals surface area contributed by atoms with Gasteiger partial charge in [0.15, 0.2) is 0 Å². The highest BCUT2D eigenvalue weighted by Crippen LogP contribution is 2.25. The number of nitrogens with one attached hydrogen (secondary N) is 2. The number of sulfonamides is 1. The Morgan fingerprint density at radius 2 is 1.80 bits per heavy atom. The Kier molecular flexibility index (Phi) is 7.17. The van der Waals surface area contributed by atoms with Gasteiger partial charge in [-0.2, -0.15) is 0 Å². The highest BCUT2D eigenvalue weighted by molar-refractivity contribution is 7.92. The fraction of sp³-hybridized carbons (Fsp3) is 0.154. The van der Waals surface area contributed by atoms with Crippen molar-refractivity contribution in [1.29, 1.82) is 0 Å². The maximum atomic E-state index is 12.8. The average molecular weight is 491 g/mol. The van der Waals surface area contributed by atoms with E-state index < -0.39 is 10.0 Å². The lowest BCUT2D eigenvalue weighted by molar-refractivity contribution is 0.102. The number of benzene rings is 3. The van der Waals surface area contributed by atoms with Gasteiger partial charge >= 0.3 is 0 Å². The second-order valence-electron chi connectivity index (χ2n) is 8.05. The Balaban J connectivity index is 1.41. The SMILES string of the molecule is Cc1ccc(C)c(S(=O)(=O)Nc2ccc(C(=O)Nc3ccccc3OCCn3ccnc3)cc2)c1. The van der Waals surface area contributed by atoms with Crippen LogP contribution in [0.2, 0.25) is 0 Å². The summed E-state index contributed by atoms with van der Waals surface area (Å²) in [5, 5.41) is 2.86. The minimum atomic E-state index is -3.75. The van der Waals surface area contributed by atoms with E-state index in [1.54, 1.807) is 68.0 Å². The molecule has 1 heterocycles. The van der Waals surface area contributed by atoms with Gasteiger partial charge in [0.25, 0.3) is 15.9 Å². The molecule has 1 aromatic heterocycles. The van der Waals surface area contributed by atoms with Crippen LogP contribution < -0.4 is 14.8 Å². The number of rotatable bonds is 9. The molecule has 0 bridgehead atoms. The summed E-state index contributed by atoms with van der Waals surface area (Å²) < 4.78 is 36.0. The van der Waals surface area contributed by atoms with Crippen LogP contribution in [0.15, 0.2) is 90.3 Å². The molecule has 4 aromatic rings. The third kappa shape index (κ3) is 6.07. The van der Waals surface area contributed by atoms with Gasteiger partial charge in [-0.25, -0.2) is 13.4 Å². The number of amides is 1. The first kappa shape index (κ1) is 24.0. The third-order valence-electron chi connectivity index (χ3n) is 5.33. The van der Waals surface area contributed by atoms with Gasteiger partial charge in [-0.1, -0.05) is 24.3 Å². The smallest absolute Gasteiger partial charge is 0.262 e. The van der Waals surface area contributed by atoms with E-state index in [0.29, 0.717) is 41.4 Å². The van der Waals surface area contributed by atoms with Crippen molar-refractivity contribution < 1.29 is 17.9 Å². The van der Waals surface area contributed by atoms with Gasteiger partial charge in [-0.15, -0.1) is 0 Å². The number of hydrogen-bond acceptors (Lipinski definition) is 5. The summed E-state index contributed by atoms with van der Waals surface area (Å²) in [6.07, 6.45) is 5.26. The summed E-state index contributed by atoms with van der Waals surface area (Å²) in [5.74, 6) is 0.221. The van der Waals surface area contributed by atoms with E-state index >= 15 is 0 Å². The highest BCUT2D eigenvalue weighted by atomic mass is 32.2. The van der Waals surface area contributed by atoms with E-state index in [9.17, 15) is 13.2 Å². The molecule has 0 saturated carbocycles. The molecule has 0 atom stereocenters. The van der Waals surface area contributed by atoms with Gasteiger partial charge in [-0.3, -0.25) is 9.52 Å². The molecule has 3 aromatic carbocycles. The molecule has 180 valence electrons. The number of imidazole rings is 1. The summed E-state index contributed by atoms with van der Waals surface area (Å²) in [7, 11) is -3.75. The zero-order valence-corrected chi connectivity index (χ0v) is 20.2. The van der Waals surface area contributed by atoms with E-state index in [1.807, 2.05) is 35.9 Å². The molecule has 9 heteroatoms. The topological polar surface area (TPSA) is 102 Å². The molecular weight excluding hydrogens is 464 g/mol. The monoisotopic (exact) mass is 490 g/mol. The molecule has 0 aliphatic carbocycles. The first-order valence-electron chi connectivity index (χ1n) is 11.0. The molecule has 0 aliphatic heterocycles. The number of hydrogen-bond donors (Lipinski definition) is 2. The summed E-state index contributed by atoms with van der Waals surface area (Å²) in [6, 6.07) is 18.7. The van der Waals surface area contributed by atoms with Crippen molar-refractivity contribution in [2.75, 3.05) is 16.6 Å². The van der Waals surface area contributed by atoms with Crippen LogP contribution in [0.25, 0.3) is 0 Å². The number of para-hydroxylation sites is 2. The van der Waals surface area contributed by atoms with Crippen molar-refractivity contribution >= 4 is 27.3 Å². The van der Waals surface area contributed by atoms with Gasteiger partial charge in [0, 0.05) is 23.6 Å². The largest absolute Gasteiger partial charge is 0.490 e. The zero-order chi connectivity index (χ0) is 24.8. The van der Waals surface area contributed by atoms with Crippen LogP contribution in [0.1, 0.15) is 21.5 Å². The van der Waals surface area contributed by atoms with Gasteiger partial charge in [0.1, 0.15) is 12.4 Å². The van der Waals surface area contributed by atoms with Crippen LogP contribution in [0.4, 0.5) is 11.4 Å². The molecule has 1 amide bonds. The van der Waals surface area contributed by atoms with Crippen LogP contribution in [0.3, 0.4) is 0 Å². The summed E-state index contributed by atoms with van der Waals surface area (Å²) in [5.41, 5.74) is 2.81. The maximum absolute atomic E-state index is 12.8. The van der Waals surface area contributed by atoms with E-state index in [0.717, 1.165) is 5.56 Å². The molecule has 4 rings (SSSR count). The van der Waals surface area contributed by atoms with E-state index in [2.05, 4.69) is 15.0 Å². The van der Waals surface area contributed by atoms with Gasteiger partial charge in [0.05, 0.1) is 23.5 Å². The minimum Gasteiger partial charge on any atom is -0.490 e. The lowest BCUT2D eigenvalue weighted by atomic mass is 10.2. The molecule has 0 saturated heterocycles. The Hall–Kier alpha value is -4.11. The molecule has 2 N–H and O–H groups in total. The number of aromatic nitrogens is 2. The van der Waals surface area contributed by atoms with E-state index in [1.165, 1.54) is 0 Å². The Labute approximate surface area is 204 Å². The van der Waals surface area contributed by atoms with E-state index in [4.69, 9.17) is 4.74 Å². The van der Waals surface area contributed by atoms with Gasteiger partial charge < -0.3 is 14.6 Å². The van der Waals surface area contributed by atoms with Crippen molar-refractivity contribution in [1.82, 2.24) is 9.55 Å². The van der Waals surface area contributed by atoms with Crippen LogP contribution in [0, 0.1) is 13.8 Å². The number of aryl methyl sites for hydroxylation is 2. The standard InChI is InChI=1S/C26H26N4O4S/c1-19-7-8-20(2)25(17-19)35(32,33)29-22-11-9-21(10-12-22)26(31)28-23-5-3-4-6-24(23)34-16-15-30-14-13-27-18-30/h3-14,17-18,29H,15-16H2,1-2H3,(H,28,31). The zero-order valence-electron chi connectivity index (χ0n) is 19.4. The average Bonchev–Trinajstić information content (AvgIpc) is 3.35. The van der Waals surface area contributed by atoms with Crippen LogP contribution in [-0.4, -0.2) is 30.5 Å². The van der Waals surface area contributed by atoms with Crippen LogP contribution in [-0.2, 0) is 16.6 Å². The number of ether oxygens (including phenoxy) is 1. The molecule has 0 radical (unpaired) electrons. The van der Waals surface area contributed by atoms with E-state index in [-0.39, 0.29) is 10.8 Å². The predicted octanol–water partition coefficient (Wildman–Crippen LogP) is 4.63. The molecule has 8 nitrogen and oxygen atoms in total. The molecule has 35 heavy (non-hydrogen) atoms. The van der Waals surface area contributed by atoms with Crippen molar-refractivity contribution in [3.63, 3.8) is 0 Å². The number of carbonyl (C=O) groups is 1. The maximum Gasteiger partial charge on any atom is 0.262 e. The predicted molar refractivity (Wildman–Crippen MR) is 135 cm³/mol. The molecule has 0 unspecified atom stereocenters. The van der Waals surface area contributed by atoms with Gasteiger partial charge in [0.2, 0.25) is 0 Å². The summed E-state index contributed by atoms with van der Waals surface area (Å²) in [4.78, 5) is 17.0. The Morgan fingerprint density at radius 1 is 1.03 bits per heavy atom. The Morgan fingerprint density at radius 3 is 2.54 bits per heavy atom. The molecular formula is C26H26N4O4S.